The third-order valence-corrected chi connectivity index (χ3v) is 3.27. The Morgan fingerprint density at radius 1 is 1.59 bits per heavy atom. The van der Waals surface area contributed by atoms with Crippen molar-refractivity contribution in [3.63, 3.8) is 0 Å². The Morgan fingerprint density at radius 2 is 2.32 bits per heavy atom. The zero-order chi connectivity index (χ0) is 16.3. The summed E-state index contributed by atoms with van der Waals surface area (Å²) >= 11 is 3.36. The molecule has 0 aliphatic heterocycles. The number of halogens is 1. The maximum atomic E-state index is 10.9. The maximum Gasteiger partial charge on any atom is 0.344 e. The highest BCUT2D eigenvalue weighted by molar-refractivity contribution is 9.10. The fraction of sp³-hybridized carbons (Fsp3) is 0.214. The van der Waals surface area contributed by atoms with Crippen molar-refractivity contribution in [2.24, 2.45) is 5.10 Å². The molecule has 0 saturated heterocycles. The van der Waals surface area contributed by atoms with Crippen LogP contribution in [0.5, 0.6) is 5.75 Å². The van der Waals surface area contributed by atoms with E-state index in [-0.39, 0.29) is 5.95 Å². The highest BCUT2D eigenvalue weighted by atomic mass is 79.9. The normalized spacial score (nSPS) is 12.5. The maximum absolute atomic E-state index is 10.9. The number of hydrogen-bond acceptors (Lipinski definition) is 5. The van der Waals surface area contributed by atoms with Crippen LogP contribution in [0.2, 0.25) is 0 Å². The van der Waals surface area contributed by atoms with Gasteiger partial charge in [0.2, 0.25) is 5.95 Å². The Bertz CT molecular complexity index is 727. The number of nitrogen functional groups attached to an aromatic ring is 1. The van der Waals surface area contributed by atoms with Gasteiger partial charge in [-0.3, -0.25) is 0 Å². The third kappa shape index (κ3) is 3.85. The zero-order valence-electron chi connectivity index (χ0n) is 12.0. The van der Waals surface area contributed by atoms with Crippen LogP contribution in [0.15, 0.2) is 34.0 Å². The van der Waals surface area contributed by atoms with Crippen LogP contribution in [0.4, 0.5) is 5.95 Å². The Hall–Kier alpha value is -2.35. The highest BCUT2D eigenvalue weighted by Gasteiger charge is 2.14. The SMILES string of the molecule is Cc1cn(N=Cc2cc(Br)ccc2OC(C)C(=O)O)c(N)n1. The largest absolute Gasteiger partial charge is 0.479 e. The van der Waals surface area contributed by atoms with Crippen LogP contribution in [0, 0.1) is 6.92 Å². The minimum absolute atomic E-state index is 0.269. The molecule has 0 radical (unpaired) electrons. The molecule has 7 nitrogen and oxygen atoms in total. The van der Waals surface area contributed by atoms with E-state index in [0.717, 1.165) is 10.2 Å². The number of carboxylic acid groups (broad SMARTS) is 1. The van der Waals surface area contributed by atoms with Crippen LogP contribution in [0.25, 0.3) is 0 Å². The monoisotopic (exact) mass is 366 g/mol. The molecule has 1 heterocycles. The fourth-order valence-corrected chi connectivity index (χ4v) is 2.07. The number of aliphatic carboxylic acids is 1. The summed E-state index contributed by atoms with van der Waals surface area (Å²) < 4.78 is 7.67. The molecule has 1 atom stereocenters. The Balaban J connectivity index is 2.31. The number of carboxylic acids is 1. The number of anilines is 1. The predicted molar refractivity (Wildman–Crippen MR) is 86.2 cm³/mol. The van der Waals surface area contributed by atoms with Gasteiger partial charge >= 0.3 is 5.97 Å². The Kier molecular flexibility index (Phi) is 4.81. The van der Waals surface area contributed by atoms with E-state index in [9.17, 15) is 4.79 Å². The van der Waals surface area contributed by atoms with Crippen molar-refractivity contribution in [3.8, 4) is 5.75 Å². The molecule has 0 bridgehead atoms. The number of rotatable bonds is 5. The zero-order valence-corrected chi connectivity index (χ0v) is 13.6. The molecule has 2 rings (SSSR count). The standard InChI is InChI=1S/C14H15BrN4O3/c1-8-7-19(14(16)18-8)17-6-10-5-11(15)3-4-12(10)22-9(2)13(20)21/h3-7,9H,1-2H3,(H2,16,18)(H,20,21). The van der Waals surface area contributed by atoms with Gasteiger partial charge in [0.15, 0.2) is 6.10 Å². The van der Waals surface area contributed by atoms with Gasteiger partial charge in [0.25, 0.3) is 0 Å². The second-order valence-electron chi connectivity index (χ2n) is 4.61. The summed E-state index contributed by atoms with van der Waals surface area (Å²) in [6.07, 6.45) is 2.25. The lowest BCUT2D eigenvalue weighted by Gasteiger charge is -2.12. The molecule has 0 spiro atoms. The molecule has 0 aliphatic carbocycles. The Morgan fingerprint density at radius 3 is 2.91 bits per heavy atom. The number of nitrogens with two attached hydrogens (primary N) is 1. The third-order valence-electron chi connectivity index (χ3n) is 2.78. The molecule has 22 heavy (non-hydrogen) atoms. The lowest BCUT2D eigenvalue weighted by atomic mass is 10.2. The number of benzene rings is 1. The number of imidazole rings is 1. The van der Waals surface area contributed by atoms with E-state index in [1.165, 1.54) is 17.8 Å². The number of hydrogen-bond donors (Lipinski definition) is 2. The summed E-state index contributed by atoms with van der Waals surface area (Å²) in [5.74, 6) is -0.359. The van der Waals surface area contributed by atoms with Gasteiger partial charge in [0.05, 0.1) is 18.1 Å². The first-order chi connectivity index (χ1) is 10.4. The van der Waals surface area contributed by atoms with Crippen LogP contribution in [-0.2, 0) is 4.79 Å². The van der Waals surface area contributed by atoms with E-state index >= 15 is 0 Å². The lowest BCUT2D eigenvalue weighted by Crippen LogP contribution is -2.23. The van der Waals surface area contributed by atoms with Crippen molar-refractivity contribution in [1.82, 2.24) is 9.66 Å². The first-order valence-electron chi connectivity index (χ1n) is 6.41. The average molecular weight is 367 g/mol. The average Bonchev–Trinajstić information content (AvgIpc) is 2.77. The molecule has 3 N–H and O–H groups in total. The second kappa shape index (κ2) is 6.61. The van der Waals surface area contributed by atoms with Crippen molar-refractivity contribution in [2.45, 2.75) is 20.0 Å². The number of nitrogens with zero attached hydrogens (tertiary/aromatic N) is 3. The highest BCUT2D eigenvalue weighted by Crippen LogP contribution is 2.23. The molecule has 116 valence electrons. The summed E-state index contributed by atoms with van der Waals surface area (Å²) in [6.45, 7) is 3.27. The molecule has 0 saturated carbocycles. The van der Waals surface area contributed by atoms with E-state index in [1.807, 2.05) is 6.92 Å². The van der Waals surface area contributed by atoms with Crippen LogP contribution in [0.3, 0.4) is 0 Å². The van der Waals surface area contributed by atoms with Crippen LogP contribution >= 0.6 is 15.9 Å². The van der Waals surface area contributed by atoms with Gasteiger partial charge in [-0.05, 0) is 32.0 Å². The predicted octanol–water partition coefficient (Wildman–Crippen LogP) is 2.27. The van der Waals surface area contributed by atoms with Crippen molar-refractivity contribution in [2.75, 3.05) is 5.73 Å². The van der Waals surface area contributed by atoms with E-state index in [4.69, 9.17) is 15.6 Å². The Labute approximate surface area is 135 Å². The number of aryl methyl sites for hydroxylation is 1. The van der Waals surface area contributed by atoms with Gasteiger partial charge < -0.3 is 15.6 Å². The quantitative estimate of drug-likeness (QED) is 0.790. The van der Waals surface area contributed by atoms with E-state index < -0.39 is 12.1 Å². The van der Waals surface area contributed by atoms with Crippen LogP contribution in [0.1, 0.15) is 18.2 Å². The molecular weight excluding hydrogens is 352 g/mol. The van der Waals surface area contributed by atoms with E-state index in [2.05, 4.69) is 26.0 Å². The summed E-state index contributed by atoms with van der Waals surface area (Å²) in [5.41, 5.74) is 7.08. The van der Waals surface area contributed by atoms with Gasteiger partial charge in [0.1, 0.15) is 5.75 Å². The van der Waals surface area contributed by atoms with Crippen molar-refractivity contribution in [3.05, 3.63) is 40.1 Å². The van der Waals surface area contributed by atoms with E-state index in [1.54, 1.807) is 24.4 Å². The summed E-state index contributed by atoms with van der Waals surface area (Å²) in [7, 11) is 0. The van der Waals surface area contributed by atoms with Gasteiger partial charge in [-0.1, -0.05) is 15.9 Å². The van der Waals surface area contributed by atoms with Gasteiger partial charge in [-0.25, -0.2) is 14.5 Å². The molecule has 1 aromatic carbocycles. The fourth-order valence-electron chi connectivity index (χ4n) is 1.69. The second-order valence-corrected chi connectivity index (χ2v) is 5.53. The molecule has 0 aliphatic rings. The van der Waals surface area contributed by atoms with Crippen LogP contribution < -0.4 is 10.5 Å². The van der Waals surface area contributed by atoms with Gasteiger partial charge in [-0.2, -0.15) is 5.10 Å². The lowest BCUT2D eigenvalue weighted by molar-refractivity contribution is -0.144. The first kappa shape index (κ1) is 16.0. The molecule has 2 aromatic rings. The molecule has 0 amide bonds. The van der Waals surface area contributed by atoms with Crippen molar-refractivity contribution < 1.29 is 14.6 Å². The summed E-state index contributed by atoms with van der Waals surface area (Å²) in [5, 5.41) is 13.1. The number of ether oxygens (including phenoxy) is 1. The van der Waals surface area contributed by atoms with Gasteiger partial charge in [0, 0.05) is 10.0 Å². The number of aromatic nitrogens is 2. The minimum atomic E-state index is -1.04. The smallest absolute Gasteiger partial charge is 0.344 e. The molecular formula is C14H15BrN4O3. The molecule has 8 heteroatoms. The van der Waals surface area contributed by atoms with E-state index in [0.29, 0.717) is 11.3 Å². The summed E-state index contributed by atoms with van der Waals surface area (Å²) in [6, 6.07) is 5.21. The van der Waals surface area contributed by atoms with Gasteiger partial charge in [-0.15, -0.1) is 0 Å². The topological polar surface area (TPSA) is 103 Å². The minimum Gasteiger partial charge on any atom is -0.479 e. The van der Waals surface area contributed by atoms with Crippen molar-refractivity contribution >= 4 is 34.1 Å². The van der Waals surface area contributed by atoms with Crippen LogP contribution in [-0.4, -0.2) is 33.1 Å². The molecule has 1 aromatic heterocycles. The first-order valence-corrected chi connectivity index (χ1v) is 7.21. The number of carbonyl (C=O) groups is 1. The van der Waals surface area contributed by atoms with Crippen molar-refractivity contribution in [1.29, 1.82) is 0 Å². The summed E-state index contributed by atoms with van der Waals surface area (Å²) in [4.78, 5) is 15.0. The molecule has 0 fully saturated rings. The molecule has 1 unspecified atom stereocenters.